The average molecular weight is 546 g/mol. The SMILES string of the molecule is CCOC(=O)OC(OC(=O)CNC(=O)C(CSSCC([NH])CCSC)Cc1ccccc1)C(C)C. The van der Waals surface area contributed by atoms with E-state index in [4.69, 9.17) is 19.9 Å². The van der Waals surface area contributed by atoms with Gasteiger partial charge in [0.25, 0.3) is 6.29 Å². The highest BCUT2D eigenvalue weighted by molar-refractivity contribution is 8.76. The molecule has 0 saturated heterocycles. The minimum Gasteiger partial charge on any atom is -0.435 e. The Balaban J connectivity index is 2.61. The minimum absolute atomic E-state index is 0.123. The van der Waals surface area contributed by atoms with Crippen molar-refractivity contribution in [2.24, 2.45) is 11.8 Å². The Morgan fingerprint density at radius 1 is 1.06 bits per heavy atom. The lowest BCUT2D eigenvalue weighted by Gasteiger charge is -2.21. The molecule has 0 aliphatic rings. The van der Waals surface area contributed by atoms with Crippen LogP contribution in [-0.2, 0) is 30.2 Å². The molecule has 1 rings (SSSR count). The Kier molecular flexibility index (Phi) is 16.8. The van der Waals surface area contributed by atoms with Crippen LogP contribution >= 0.6 is 33.3 Å². The van der Waals surface area contributed by atoms with E-state index in [1.807, 2.05) is 36.6 Å². The summed E-state index contributed by atoms with van der Waals surface area (Å²) in [5.41, 5.74) is 9.10. The van der Waals surface area contributed by atoms with Gasteiger partial charge in [-0.05, 0) is 37.3 Å². The Labute approximate surface area is 220 Å². The number of hydrogen-bond acceptors (Lipinski definition) is 9. The average Bonchev–Trinajstić information content (AvgIpc) is 2.83. The third-order valence-electron chi connectivity index (χ3n) is 4.66. The molecule has 0 saturated carbocycles. The van der Waals surface area contributed by atoms with Crippen LogP contribution in [0.1, 0.15) is 32.8 Å². The molecule has 1 amide bonds. The van der Waals surface area contributed by atoms with E-state index in [1.165, 1.54) is 0 Å². The van der Waals surface area contributed by atoms with Crippen molar-refractivity contribution in [3.05, 3.63) is 35.9 Å². The van der Waals surface area contributed by atoms with Gasteiger partial charge in [-0.3, -0.25) is 15.3 Å². The molecule has 8 nitrogen and oxygen atoms in total. The van der Waals surface area contributed by atoms with Crippen LogP contribution in [-0.4, -0.2) is 67.0 Å². The van der Waals surface area contributed by atoms with Crippen LogP contribution in [0.15, 0.2) is 30.3 Å². The number of esters is 1. The molecular formula is C24H37N2O6S3. The van der Waals surface area contributed by atoms with E-state index in [9.17, 15) is 14.4 Å². The van der Waals surface area contributed by atoms with Crippen molar-refractivity contribution in [3.63, 3.8) is 0 Å². The van der Waals surface area contributed by atoms with Gasteiger partial charge in [-0.2, -0.15) is 11.8 Å². The molecule has 1 aromatic carbocycles. The number of carbonyl (C=O) groups excluding carboxylic acids is 3. The molecule has 3 unspecified atom stereocenters. The highest BCUT2D eigenvalue weighted by atomic mass is 33.1. The number of nitrogens with one attached hydrogen (secondary N) is 2. The monoisotopic (exact) mass is 545 g/mol. The molecule has 2 N–H and O–H groups in total. The first-order valence-corrected chi connectivity index (χ1v) is 15.4. The van der Waals surface area contributed by atoms with Crippen molar-refractivity contribution in [1.29, 1.82) is 0 Å². The predicted molar refractivity (Wildman–Crippen MR) is 144 cm³/mol. The molecule has 0 spiro atoms. The van der Waals surface area contributed by atoms with Crippen molar-refractivity contribution in [2.75, 3.05) is 36.7 Å². The van der Waals surface area contributed by atoms with Gasteiger partial charge in [0.05, 0.1) is 12.5 Å². The van der Waals surface area contributed by atoms with Crippen LogP contribution < -0.4 is 11.1 Å². The Bertz CT molecular complexity index is 754. The van der Waals surface area contributed by atoms with E-state index < -0.39 is 18.4 Å². The minimum atomic E-state index is -1.10. The molecule has 0 aliphatic heterocycles. The Hall–Kier alpha value is -1.56. The third kappa shape index (κ3) is 14.6. The van der Waals surface area contributed by atoms with Crippen molar-refractivity contribution in [3.8, 4) is 0 Å². The fraction of sp³-hybridized carbons (Fsp3) is 0.625. The van der Waals surface area contributed by atoms with Gasteiger partial charge in [-0.15, -0.1) is 0 Å². The maximum Gasteiger partial charge on any atom is 0.511 e. The van der Waals surface area contributed by atoms with Crippen LogP contribution in [0.25, 0.3) is 0 Å². The van der Waals surface area contributed by atoms with E-state index >= 15 is 0 Å². The second-order valence-electron chi connectivity index (χ2n) is 8.06. The lowest BCUT2D eigenvalue weighted by atomic mass is 10.0. The molecule has 0 aliphatic carbocycles. The summed E-state index contributed by atoms with van der Waals surface area (Å²) in [5, 5.41) is 2.66. The number of carbonyl (C=O) groups is 3. The molecule has 0 aromatic heterocycles. The first-order valence-electron chi connectivity index (χ1n) is 11.6. The third-order valence-corrected chi connectivity index (χ3v) is 7.87. The highest BCUT2D eigenvalue weighted by Crippen LogP contribution is 2.27. The smallest absolute Gasteiger partial charge is 0.435 e. The fourth-order valence-electron chi connectivity index (χ4n) is 2.75. The summed E-state index contributed by atoms with van der Waals surface area (Å²) in [7, 11) is 3.17. The van der Waals surface area contributed by atoms with Gasteiger partial charge in [-0.1, -0.05) is 65.8 Å². The molecule has 1 radical (unpaired) electrons. The summed E-state index contributed by atoms with van der Waals surface area (Å²) >= 11 is 1.74. The molecule has 0 heterocycles. The second-order valence-corrected chi connectivity index (χ2v) is 11.6. The molecule has 0 fully saturated rings. The lowest BCUT2D eigenvalue weighted by molar-refractivity contribution is -0.178. The first-order chi connectivity index (χ1) is 16.8. The normalized spacial score (nSPS) is 13.5. The van der Waals surface area contributed by atoms with Crippen LogP contribution in [0.2, 0.25) is 0 Å². The topological polar surface area (TPSA) is 115 Å². The zero-order valence-electron chi connectivity index (χ0n) is 20.8. The highest BCUT2D eigenvalue weighted by Gasteiger charge is 2.25. The van der Waals surface area contributed by atoms with Gasteiger partial charge in [-0.25, -0.2) is 4.79 Å². The van der Waals surface area contributed by atoms with E-state index in [0.29, 0.717) is 17.9 Å². The van der Waals surface area contributed by atoms with E-state index in [2.05, 4.69) is 5.32 Å². The van der Waals surface area contributed by atoms with Crippen LogP contribution in [0.5, 0.6) is 0 Å². The van der Waals surface area contributed by atoms with Crippen LogP contribution in [0.3, 0.4) is 0 Å². The number of rotatable bonds is 17. The number of thioether (sulfide) groups is 1. The van der Waals surface area contributed by atoms with Gasteiger partial charge in [0.2, 0.25) is 5.91 Å². The standard InChI is InChI=1S/C24H37N2O6S3/c1-5-30-24(29)32-23(17(2)3)31-21(27)14-26-22(28)19(13-18-9-7-6-8-10-18)15-34-35-16-20(25)11-12-33-4/h6-10,17,19-20,23,25H,5,11-16H2,1-4H3,(H,26,28). The maximum atomic E-state index is 12.9. The van der Waals surface area contributed by atoms with Crippen molar-refractivity contribution in [2.45, 2.75) is 45.9 Å². The van der Waals surface area contributed by atoms with Crippen molar-refractivity contribution < 1.29 is 28.6 Å². The molecular weight excluding hydrogens is 508 g/mol. The molecule has 35 heavy (non-hydrogen) atoms. The largest absolute Gasteiger partial charge is 0.511 e. The zero-order chi connectivity index (χ0) is 26.1. The molecule has 197 valence electrons. The molecule has 3 atom stereocenters. The second kappa shape index (κ2) is 18.7. The first kappa shape index (κ1) is 31.5. The van der Waals surface area contributed by atoms with E-state index in [-0.39, 0.29) is 36.9 Å². The van der Waals surface area contributed by atoms with Crippen LogP contribution in [0, 0.1) is 11.8 Å². The number of hydrogen-bond donors (Lipinski definition) is 1. The molecule has 11 heteroatoms. The van der Waals surface area contributed by atoms with E-state index in [0.717, 1.165) is 17.7 Å². The summed E-state index contributed by atoms with van der Waals surface area (Å²) in [6.07, 6.45) is 1.40. The predicted octanol–water partition coefficient (Wildman–Crippen LogP) is 4.45. The van der Waals surface area contributed by atoms with Crippen molar-refractivity contribution in [1.82, 2.24) is 11.1 Å². The van der Waals surface area contributed by atoms with Crippen molar-refractivity contribution >= 4 is 51.4 Å². The number of benzene rings is 1. The van der Waals surface area contributed by atoms with E-state index in [1.54, 1.807) is 54.1 Å². The summed E-state index contributed by atoms with van der Waals surface area (Å²) in [4.78, 5) is 36.8. The summed E-state index contributed by atoms with van der Waals surface area (Å²) < 4.78 is 15.0. The summed E-state index contributed by atoms with van der Waals surface area (Å²) in [5.74, 6) is 0.635. The zero-order valence-corrected chi connectivity index (χ0v) is 23.3. The summed E-state index contributed by atoms with van der Waals surface area (Å²) in [6.45, 7) is 4.94. The van der Waals surface area contributed by atoms with Gasteiger partial charge in [0.15, 0.2) is 0 Å². The Morgan fingerprint density at radius 2 is 1.74 bits per heavy atom. The lowest BCUT2D eigenvalue weighted by Crippen LogP contribution is -2.39. The van der Waals surface area contributed by atoms with Gasteiger partial charge in [0, 0.05) is 23.5 Å². The van der Waals surface area contributed by atoms with Gasteiger partial charge < -0.3 is 19.5 Å². The van der Waals surface area contributed by atoms with Gasteiger partial charge >= 0.3 is 12.1 Å². The summed E-state index contributed by atoms with van der Waals surface area (Å²) in [6, 6.07) is 9.59. The quantitative estimate of drug-likeness (QED) is 0.131. The fourth-order valence-corrected chi connectivity index (χ4v) is 5.79. The number of amides is 1. The molecule has 1 aromatic rings. The Morgan fingerprint density at radius 3 is 2.37 bits per heavy atom. The molecule has 0 bridgehead atoms. The van der Waals surface area contributed by atoms with Crippen LogP contribution in [0.4, 0.5) is 4.79 Å². The number of ether oxygens (including phenoxy) is 3. The maximum absolute atomic E-state index is 12.9. The van der Waals surface area contributed by atoms with Gasteiger partial charge in [0.1, 0.15) is 6.54 Å².